The zero-order valence-electron chi connectivity index (χ0n) is 11.2. The lowest BCUT2D eigenvalue weighted by molar-refractivity contribution is -0.122. The summed E-state index contributed by atoms with van der Waals surface area (Å²) in [5, 5.41) is 3.03. The van der Waals surface area contributed by atoms with Gasteiger partial charge in [-0.25, -0.2) is 0 Å². The Kier molecular flexibility index (Phi) is 7.25. The summed E-state index contributed by atoms with van der Waals surface area (Å²) < 4.78 is 0. The SMILES string of the molecule is CCC(CN)CC(=O)NCCC1CCCCC1. The summed E-state index contributed by atoms with van der Waals surface area (Å²) in [4.78, 5) is 11.6. The van der Waals surface area contributed by atoms with Gasteiger partial charge in [0.1, 0.15) is 0 Å². The van der Waals surface area contributed by atoms with Crippen molar-refractivity contribution in [3.8, 4) is 0 Å². The van der Waals surface area contributed by atoms with Crippen molar-refractivity contribution in [2.75, 3.05) is 13.1 Å². The minimum atomic E-state index is 0.179. The molecule has 1 fully saturated rings. The fourth-order valence-electron chi connectivity index (χ4n) is 2.62. The maximum atomic E-state index is 11.6. The van der Waals surface area contributed by atoms with Gasteiger partial charge in [-0.2, -0.15) is 0 Å². The number of rotatable bonds is 7. The second-order valence-electron chi connectivity index (χ2n) is 5.36. The maximum absolute atomic E-state index is 11.6. The lowest BCUT2D eigenvalue weighted by atomic mass is 9.87. The van der Waals surface area contributed by atoms with Gasteiger partial charge in [-0.05, 0) is 24.8 Å². The molecule has 3 nitrogen and oxygen atoms in total. The van der Waals surface area contributed by atoms with Crippen LogP contribution in [-0.4, -0.2) is 19.0 Å². The summed E-state index contributed by atoms with van der Waals surface area (Å²) in [6.07, 6.45) is 9.62. The van der Waals surface area contributed by atoms with Crippen LogP contribution in [-0.2, 0) is 4.79 Å². The Morgan fingerprint density at radius 2 is 2.06 bits per heavy atom. The predicted molar refractivity (Wildman–Crippen MR) is 71.7 cm³/mol. The molecule has 0 saturated heterocycles. The first kappa shape index (κ1) is 14.5. The molecular weight excluding hydrogens is 212 g/mol. The third-order valence-corrected chi connectivity index (χ3v) is 3.98. The van der Waals surface area contributed by atoms with Crippen molar-refractivity contribution in [2.24, 2.45) is 17.6 Å². The van der Waals surface area contributed by atoms with Crippen molar-refractivity contribution in [3.63, 3.8) is 0 Å². The van der Waals surface area contributed by atoms with Gasteiger partial charge >= 0.3 is 0 Å². The van der Waals surface area contributed by atoms with Gasteiger partial charge in [0.2, 0.25) is 5.91 Å². The lowest BCUT2D eigenvalue weighted by Gasteiger charge is -2.21. The van der Waals surface area contributed by atoms with Crippen molar-refractivity contribution in [3.05, 3.63) is 0 Å². The van der Waals surface area contributed by atoms with Crippen LogP contribution in [0.1, 0.15) is 58.3 Å². The minimum absolute atomic E-state index is 0.179. The molecule has 1 saturated carbocycles. The van der Waals surface area contributed by atoms with Crippen LogP contribution in [0.3, 0.4) is 0 Å². The Morgan fingerprint density at radius 3 is 2.65 bits per heavy atom. The monoisotopic (exact) mass is 240 g/mol. The summed E-state index contributed by atoms with van der Waals surface area (Å²) >= 11 is 0. The van der Waals surface area contributed by atoms with E-state index in [0.29, 0.717) is 18.9 Å². The normalized spacial score (nSPS) is 18.9. The number of hydrogen-bond donors (Lipinski definition) is 2. The molecule has 3 N–H and O–H groups in total. The van der Waals surface area contributed by atoms with Crippen LogP contribution in [0.25, 0.3) is 0 Å². The van der Waals surface area contributed by atoms with E-state index < -0.39 is 0 Å². The predicted octanol–water partition coefficient (Wildman–Crippen LogP) is 2.45. The topological polar surface area (TPSA) is 55.1 Å². The molecule has 17 heavy (non-hydrogen) atoms. The second-order valence-corrected chi connectivity index (χ2v) is 5.36. The molecule has 1 unspecified atom stereocenters. The van der Waals surface area contributed by atoms with Crippen LogP contribution in [0, 0.1) is 11.8 Å². The molecule has 0 aromatic carbocycles. The number of carbonyl (C=O) groups is 1. The van der Waals surface area contributed by atoms with E-state index in [1.807, 2.05) is 0 Å². The zero-order valence-corrected chi connectivity index (χ0v) is 11.2. The average molecular weight is 240 g/mol. The van der Waals surface area contributed by atoms with Gasteiger partial charge < -0.3 is 11.1 Å². The molecule has 1 amide bonds. The summed E-state index contributed by atoms with van der Waals surface area (Å²) in [5.41, 5.74) is 5.60. The van der Waals surface area contributed by atoms with E-state index in [1.54, 1.807) is 0 Å². The number of hydrogen-bond acceptors (Lipinski definition) is 2. The van der Waals surface area contributed by atoms with Crippen LogP contribution in [0.2, 0.25) is 0 Å². The van der Waals surface area contributed by atoms with Gasteiger partial charge in [-0.3, -0.25) is 4.79 Å². The van der Waals surface area contributed by atoms with Gasteiger partial charge in [0, 0.05) is 13.0 Å². The average Bonchev–Trinajstić information content (AvgIpc) is 2.37. The lowest BCUT2D eigenvalue weighted by Crippen LogP contribution is -2.29. The Morgan fingerprint density at radius 1 is 1.35 bits per heavy atom. The molecule has 1 rings (SSSR count). The summed E-state index contributed by atoms with van der Waals surface area (Å²) in [5.74, 6) is 1.38. The Hall–Kier alpha value is -0.570. The van der Waals surface area contributed by atoms with E-state index in [1.165, 1.54) is 32.1 Å². The van der Waals surface area contributed by atoms with Crippen LogP contribution >= 0.6 is 0 Å². The third kappa shape index (κ3) is 6.06. The summed E-state index contributed by atoms with van der Waals surface area (Å²) in [6, 6.07) is 0. The number of nitrogens with two attached hydrogens (primary N) is 1. The van der Waals surface area contributed by atoms with Crippen LogP contribution in [0.5, 0.6) is 0 Å². The van der Waals surface area contributed by atoms with Crippen molar-refractivity contribution in [1.82, 2.24) is 5.32 Å². The fourth-order valence-corrected chi connectivity index (χ4v) is 2.62. The number of carbonyl (C=O) groups excluding carboxylic acids is 1. The largest absolute Gasteiger partial charge is 0.356 e. The molecular formula is C14H28N2O. The third-order valence-electron chi connectivity index (χ3n) is 3.98. The van der Waals surface area contributed by atoms with Gasteiger partial charge in [0.25, 0.3) is 0 Å². The molecule has 1 aliphatic carbocycles. The summed E-state index contributed by atoms with van der Waals surface area (Å²) in [7, 11) is 0. The van der Waals surface area contributed by atoms with E-state index in [-0.39, 0.29) is 5.91 Å². The molecule has 100 valence electrons. The molecule has 1 aliphatic rings. The van der Waals surface area contributed by atoms with Gasteiger partial charge in [0.15, 0.2) is 0 Å². The highest BCUT2D eigenvalue weighted by atomic mass is 16.1. The molecule has 1 atom stereocenters. The molecule has 0 spiro atoms. The second kappa shape index (κ2) is 8.51. The van der Waals surface area contributed by atoms with Gasteiger partial charge in [-0.15, -0.1) is 0 Å². The van der Waals surface area contributed by atoms with Crippen molar-refractivity contribution in [2.45, 2.75) is 58.3 Å². The zero-order chi connectivity index (χ0) is 12.5. The molecule has 0 aromatic heterocycles. The van der Waals surface area contributed by atoms with Crippen molar-refractivity contribution in [1.29, 1.82) is 0 Å². The highest BCUT2D eigenvalue weighted by molar-refractivity contribution is 5.76. The number of nitrogens with one attached hydrogen (secondary N) is 1. The Balaban J connectivity index is 2.06. The molecule has 0 aliphatic heterocycles. The highest BCUT2D eigenvalue weighted by Crippen LogP contribution is 2.25. The van der Waals surface area contributed by atoms with Crippen LogP contribution in [0.4, 0.5) is 0 Å². The molecule has 0 heterocycles. The molecule has 0 radical (unpaired) electrons. The maximum Gasteiger partial charge on any atom is 0.220 e. The number of amides is 1. The summed E-state index contributed by atoms with van der Waals surface area (Å²) in [6.45, 7) is 3.56. The van der Waals surface area contributed by atoms with Crippen molar-refractivity contribution >= 4 is 5.91 Å². The Bertz CT molecular complexity index is 208. The van der Waals surface area contributed by atoms with Crippen LogP contribution < -0.4 is 11.1 Å². The van der Waals surface area contributed by atoms with Gasteiger partial charge in [0.05, 0.1) is 0 Å². The van der Waals surface area contributed by atoms with E-state index in [9.17, 15) is 4.79 Å². The minimum Gasteiger partial charge on any atom is -0.356 e. The first-order chi connectivity index (χ1) is 8.26. The quantitative estimate of drug-likeness (QED) is 0.718. The van der Waals surface area contributed by atoms with Gasteiger partial charge in [-0.1, -0.05) is 45.4 Å². The molecule has 0 aromatic rings. The first-order valence-corrected chi connectivity index (χ1v) is 7.23. The fraction of sp³-hybridized carbons (Fsp3) is 0.929. The highest BCUT2D eigenvalue weighted by Gasteiger charge is 2.14. The van der Waals surface area contributed by atoms with Crippen molar-refractivity contribution < 1.29 is 4.79 Å². The first-order valence-electron chi connectivity index (χ1n) is 7.23. The molecule has 0 bridgehead atoms. The Labute approximate surface area is 106 Å². The van der Waals surface area contributed by atoms with E-state index in [0.717, 1.165) is 25.3 Å². The smallest absolute Gasteiger partial charge is 0.220 e. The standard InChI is InChI=1S/C14H28N2O/c1-2-12(11-15)10-14(17)16-9-8-13-6-4-3-5-7-13/h12-13H,2-11,15H2,1H3,(H,16,17). The van der Waals surface area contributed by atoms with Crippen LogP contribution in [0.15, 0.2) is 0 Å². The van der Waals surface area contributed by atoms with E-state index >= 15 is 0 Å². The van der Waals surface area contributed by atoms with E-state index in [4.69, 9.17) is 5.73 Å². The van der Waals surface area contributed by atoms with E-state index in [2.05, 4.69) is 12.2 Å². The molecule has 3 heteroatoms.